The lowest BCUT2D eigenvalue weighted by Gasteiger charge is -2.39. The molecule has 32 heavy (non-hydrogen) atoms. The van der Waals surface area contributed by atoms with Gasteiger partial charge in [0.25, 0.3) is 0 Å². The highest BCUT2D eigenvalue weighted by atomic mass is 127. The Bertz CT molecular complexity index is 631. The molecule has 0 radical (unpaired) electrons. The first-order chi connectivity index (χ1) is 14.9. The summed E-state index contributed by atoms with van der Waals surface area (Å²) in [5, 5.41) is 6.99. The van der Waals surface area contributed by atoms with Crippen LogP contribution in [0.3, 0.4) is 0 Å². The van der Waals surface area contributed by atoms with Gasteiger partial charge in [0.05, 0.1) is 6.54 Å². The smallest absolute Gasteiger partial charge is 0.191 e. The Morgan fingerprint density at radius 1 is 1.06 bits per heavy atom. The van der Waals surface area contributed by atoms with Gasteiger partial charge in [-0.2, -0.15) is 0 Å². The van der Waals surface area contributed by atoms with Gasteiger partial charge in [0.15, 0.2) is 5.96 Å². The number of piperazine rings is 1. The van der Waals surface area contributed by atoms with E-state index in [2.05, 4.69) is 97.5 Å². The van der Waals surface area contributed by atoms with Gasteiger partial charge in [-0.1, -0.05) is 44.2 Å². The van der Waals surface area contributed by atoms with E-state index in [9.17, 15) is 0 Å². The van der Waals surface area contributed by atoms with Crippen molar-refractivity contribution in [1.82, 2.24) is 25.3 Å². The molecule has 6 nitrogen and oxygen atoms in total. The highest BCUT2D eigenvalue weighted by Crippen LogP contribution is 2.14. The van der Waals surface area contributed by atoms with Crippen LogP contribution in [0, 0.1) is 5.92 Å². The molecule has 2 rings (SSSR count). The van der Waals surface area contributed by atoms with Crippen LogP contribution in [0.1, 0.15) is 39.7 Å². The molecule has 2 atom stereocenters. The standard InChI is InChI=1S/C25H46N6.HI/c1-7-26-25(28-19-24(21(2)3)31-17-15-29(5)16-18-31)27-14-13-22(4)30(6)20-23-11-9-8-10-12-23;/h8-12,21-22,24H,7,13-20H2,1-6H3,(H2,26,27,28);1H. The minimum absolute atomic E-state index is 0. The summed E-state index contributed by atoms with van der Waals surface area (Å²) in [6.45, 7) is 17.3. The summed E-state index contributed by atoms with van der Waals surface area (Å²) in [5.74, 6) is 1.54. The zero-order valence-electron chi connectivity index (χ0n) is 21.2. The zero-order chi connectivity index (χ0) is 22.6. The predicted octanol–water partition coefficient (Wildman–Crippen LogP) is 3.34. The van der Waals surface area contributed by atoms with E-state index in [0.29, 0.717) is 18.0 Å². The van der Waals surface area contributed by atoms with Crippen molar-refractivity contribution in [2.45, 2.75) is 52.7 Å². The van der Waals surface area contributed by atoms with Crippen LogP contribution >= 0.6 is 24.0 Å². The van der Waals surface area contributed by atoms with E-state index in [1.54, 1.807) is 0 Å². The molecular formula is C25H47IN6. The van der Waals surface area contributed by atoms with Crippen LogP contribution in [0.4, 0.5) is 0 Å². The van der Waals surface area contributed by atoms with Crippen molar-refractivity contribution in [1.29, 1.82) is 0 Å². The van der Waals surface area contributed by atoms with Crippen molar-refractivity contribution < 1.29 is 0 Å². The van der Waals surface area contributed by atoms with Crippen molar-refractivity contribution in [3.63, 3.8) is 0 Å². The summed E-state index contributed by atoms with van der Waals surface area (Å²) >= 11 is 0. The molecule has 1 fully saturated rings. The van der Waals surface area contributed by atoms with Crippen LogP contribution < -0.4 is 10.6 Å². The molecule has 2 N–H and O–H groups in total. The molecule has 7 heteroatoms. The molecule has 0 spiro atoms. The molecule has 1 aromatic rings. The number of rotatable bonds is 11. The second-order valence-electron chi connectivity index (χ2n) is 9.34. The fourth-order valence-electron chi connectivity index (χ4n) is 4.08. The summed E-state index contributed by atoms with van der Waals surface area (Å²) in [7, 11) is 4.42. The average molecular weight is 559 g/mol. The van der Waals surface area contributed by atoms with Gasteiger partial charge in [-0.3, -0.25) is 14.8 Å². The predicted molar refractivity (Wildman–Crippen MR) is 149 cm³/mol. The number of guanidine groups is 1. The molecule has 184 valence electrons. The number of aliphatic imine (C=N–C) groups is 1. The lowest BCUT2D eigenvalue weighted by atomic mass is 10.0. The maximum atomic E-state index is 4.96. The second-order valence-corrected chi connectivity index (χ2v) is 9.34. The molecular weight excluding hydrogens is 511 g/mol. The van der Waals surface area contributed by atoms with Gasteiger partial charge >= 0.3 is 0 Å². The van der Waals surface area contributed by atoms with Crippen LogP contribution in [-0.2, 0) is 6.54 Å². The SMILES string of the molecule is CCNC(=NCC(C(C)C)N1CCN(C)CC1)NCCC(C)N(C)Cc1ccccc1.I. The van der Waals surface area contributed by atoms with Crippen LogP contribution in [0.15, 0.2) is 35.3 Å². The first kappa shape index (κ1) is 29.1. The maximum Gasteiger partial charge on any atom is 0.191 e. The number of halogens is 1. The quantitative estimate of drug-likeness (QED) is 0.248. The zero-order valence-corrected chi connectivity index (χ0v) is 23.5. The summed E-state index contributed by atoms with van der Waals surface area (Å²) in [6.07, 6.45) is 1.08. The molecule has 2 unspecified atom stereocenters. The summed E-state index contributed by atoms with van der Waals surface area (Å²) in [4.78, 5) is 12.4. The van der Waals surface area contributed by atoms with Gasteiger partial charge < -0.3 is 15.5 Å². The number of nitrogens with zero attached hydrogens (tertiary/aromatic N) is 4. The number of nitrogens with one attached hydrogen (secondary N) is 2. The minimum Gasteiger partial charge on any atom is -0.357 e. The summed E-state index contributed by atoms with van der Waals surface area (Å²) in [5.41, 5.74) is 1.36. The van der Waals surface area contributed by atoms with E-state index in [-0.39, 0.29) is 24.0 Å². The first-order valence-corrected chi connectivity index (χ1v) is 12.1. The monoisotopic (exact) mass is 558 g/mol. The topological polar surface area (TPSA) is 46.1 Å². The number of benzene rings is 1. The molecule has 1 aliphatic rings. The van der Waals surface area contributed by atoms with E-state index in [4.69, 9.17) is 4.99 Å². The fraction of sp³-hybridized carbons (Fsp3) is 0.720. The third kappa shape index (κ3) is 10.4. The van der Waals surface area contributed by atoms with Crippen LogP contribution in [-0.4, -0.2) is 92.7 Å². The minimum atomic E-state index is 0. The second kappa shape index (κ2) is 15.9. The molecule has 1 saturated heterocycles. The van der Waals surface area contributed by atoms with Crippen molar-refractivity contribution in [2.75, 3.05) is 59.9 Å². The third-order valence-electron chi connectivity index (χ3n) is 6.44. The first-order valence-electron chi connectivity index (χ1n) is 12.1. The van der Waals surface area contributed by atoms with Gasteiger partial charge in [0.2, 0.25) is 0 Å². The Hall–Kier alpha value is -0.900. The van der Waals surface area contributed by atoms with Gasteiger partial charge in [-0.05, 0) is 45.8 Å². The van der Waals surface area contributed by atoms with Crippen molar-refractivity contribution in [2.24, 2.45) is 10.9 Å². The molecule has 1 aliphatic heterocycles. The van der Waals surface area contributed by atoms with Gasteiger partial charge in [-0.15, -0.1) is 24.0 Å². The van der Waals surface area contributed by atoms with E-state index >= 15 is 0 Å². The normalized spacial score (nSPS) is 17.8. The van der Waals surface area contributed by atoms with Gasteiger partial charge in [0.1, 0.15) is 0 Å². The third-order valence-corrected chi connectivity index (χ3v) is 6.44. The highest BCUT2D eigenvalue weighted by molar-refractivity contribution is 14.0. The number of hydrogen-bond donors (Lipinski definition) is 2. The average Bonchev–Trinajstić information content (AvgIpc) is 2.75. The maximum absolute atomic E-state index is 4.96. The Kier molecular flexibility index (Phi) is 14.4. The molecule has 1 heterocycles. The molecule has 0 amide bonds. The Morgan fingerprint density at radius 2 is 1.72 bits per heavy atom. The van der Waals surface area contributed by atoms with E-state index in [0.717, 1.165) is 64.7 Å². The number of likely N-dealkylation sites (N-methyl/N-ethyl adjacent to an activating group) is 1. The number of hydrogen-bond acceptors (Lipinski definition) is 4. The van der Waals surface area contributed by atoms with Crippen molar-refractivity contribution in [3.05, 3.63) is 35.9 Å². The lowest BCUT2D eigenvalue weighted by molar-refractivity contribution is 0.0925. The van der Waals surface area contributed by atoms with E-state index in [1.807, 2.05) is 0 Å². The van der Waals surface area contributed by atoms with Crippen LogP contribution in [0.5, 0.6) is 0 Å². The fourth-order valence-corrected chi connectivity index (χ4v) is 4.08. The van der Waals surface area contributed by atoms with Gasteiger partial charge in [-0.25, -0.2) is 0 Å². The molecule has 0 saturated carbocycles. The molecule has 0 aliphatic carbocycles. The molecule has 1 aromatic carbocycles. The van der Waals surface area contributed by atoms with Gasteiger partial charge in [0, 0.05) is 57.9 Å². The van der Waals surface area contributed by atoms with E-state index in [1.165, 1.54) is 5.56 Å². The summed E-state index contributed by atoms with van der Waals surface area (Å²) < 4.78 is 0. The van der Waals surface area contributed by atoms with Crippen LogP contribution in [0.2, 0.25) is 0 Å². The molecule has 0 aromatic heterocycles. The summed E-state index contributed by atoms with van der Waals surface area (Å²) in [6, 6.07) is 11.7. The Balaban J connectivity index is 0.00000512. The van der Waals surface area contributed by atoms with Crippen molar-refractivity contribution in [3.8, 4) is 0 Å². The largest absolute Gasteiger partial charge is 0.357 e. The van der Waals surface area contributed by atoms with E-state index < -0.39 is 0 Å². The Morgan fingerprint density at radius 3 is 2.31 bits per heavy atom. The molecule has 0 bridgehead atoms. The Labute approximate surface area is 214 Å². The van der Waals surface area contributed by atoms with Crippen LogP contribution in [0.25, 0.3) is 0 Å². The lowest BCUT2D eigenvalue weighted by Crippen LogP contribution is -2.52. The highest BCUT2D eigenvalue weighted by Gasteiger charge is 2.24. The van der Waals surface area contributed by atoms with Crippen molar-refractivity contribution >= 4 is 29.9 Å².